The van der Waals surface area contributed by atoms with E-state index in [-0.39, 0.29) is 6.04 Å². The van der Waals surface area contributed by atoms with Crippen LogP contribution in [0.5, 0.6) is 0 Å². The minimum absolute atomic E-state index is 0.137. The number of rotatable bonds is 3. The molecule has 80 valence electrons. The van der Waals surface area contributed by atoms with Gasteiger partial charge in [-0.2, -0.15) is 0 Å². The fourth-order valence-electron chi connectivity index (χ4n) is 2.12. The zero-order chi connectivity index (χ0) is 9.80. The SMILES string of the molecule is NC(CC1CCCO1)C1=COCCC1. The number of ether oxygens (including phenoxy) is 2. The van der Waals surface area contributed by atoms with Crippen LogP contribution in [0.15, 0.2) is 11.8 Å². The Bertz CT molecular complexity index is 209. The van der Waals surface area contributed by atoms with Gasteiger partial charge in [0.1, 0.15) is 0 Å². The Kier molecular flexibility index (Phi) is 3.43. The minimum Gasteiger partial charge on any atom is -0.501 e. The zero-order valence-electron chi connectivity index (χ0n) is 8.58. The third kappa shape index (κ3) is 2.49. The van der Waals surface area contributed by atoms with Gasteiger partial charge < -0.3 is 15.2 Å². The fourth-order valence-corrected chi connectivity index (χ4v) is 2.12. The molecular weight excluding hydrogens is 178 g/mol. The topological polar surface area (TPSA) is 44.5 Å². The summed E-state index contributed by atoms with van der Waals surface area (Å²) >= 11 is 0. The van der Waals surface area contributed by atoms with E-state index in [1.54, 1.807) is 0 Å². The van der Waals surface area contributed by atoms with Gasteiger partial charge in [0.15, 0.2) is 0 Å². The Labute approximate surface area is 85.3 Å². The van der Waals surface area contributed by atoms with Gasteiger partial charge in [-0.3, -0.25) is 0 Å². The predicted octanol–water partition coefficient (Wildman–Crippen LogP) is 1.58. The lowest BCUT2D eigenvalue weighted by Gasteiger charge is -2.21. The van der Waals surface area contributed by atoms with E-state index in [1.165, 1.54) is 18.4 Å². The summed E-state index contributed by atoms with van der Waals surface area (Å²) in [5.74, 6) is 0. The molecule has 2 N–H and O–H groups in total. The van der Waals surface area contributed by atoms with Crippen LogP contribution in [0.25, 0.3) is 0 Å². The van der Waals surface area contributed by atoms with Crippen molar-refractivity contribution in [3.05, 3.63) is 11.8 Å². The largest absolute Gasteiger partial charge is 0.501 e. The van der Waals surface area contributed by atoms with Crippen molar-refractivity contribution in [3.63, 3.8) is 0 Å². The second-order valence-corrected chi connectivity index (χ2v) is 4.14. The Balaban J connectivity index is 1.81. The summed E-state index contributed by atoms with van der Waals surface area (Å²) in [6.07, 6.45) is 7.74. The Hall–Kier alpha value is -0.540. The first-order valence-corrected chi connectivity index (χ1v) is 5.54. The summed E-state index contributed by atoms with van der Waals surface area (Å²) in [5, 5.41) is 0. The van der Waals surface area contributed by atoms with E-state index >= 15 is 0 Å². The molecule has 2 heterocycles. The average molecular weight is 197 g/mol. The third-order valence-corrected chi connectivity index (χ3v) is 2.98. The second kappa shape index (κ2) is 4.80. The van der Waals surface area contributed by atoms with Crippen molar-refractivity contribution in [3.8, 4) is 0 Å². The molecule has 0 aromatic carbocycles. The molecule has 2 rings (SSSR count). The molecule has 0 aromatic rings. The lowest BCUT2D eigenvalue weighted by molar-refractivity contribution is 0.0995. The Morgan fingerprint density at radius 3 is 3.00 bits per heavy atom. The van der Waals surface area contributed by atoms with Crippen molar-refractivity contribution in [1.82, 2.24) is 0 Å². The van der Waals surface area contributed by atoms with Gasteiger partial charge in [-0.1, -0.05) is 0 Å². The highest BCUT2D eigenvalue weighted by Gasteiger charge is 2.21. The molecule has 0 amide bonds. The van der Waals surface area contributed by atoms with Crippen LogP contribution in [0.2, 0.25) is 0 Å². The van der Waals surface area contributed by atoms with Gasteiger partial charge in [-0.25, -0.2) is 0 Å². The maximum Gasteiger partial charge on any atom is 0.0876 e. The van der Waals surface area contributed by atoms with Gasteiger partial charge in [0, 0.05) is 12.6 Å². The molecule has 0 radical (unpaired) electrons. The molecule has 2 aliphatic heterocycles. The first kappa shape index (κ1) is 9.99. The molecule has 0 bridgehead atoms. The lowest BCUT2D eigenvalue weighted by atomic mass is 9.97. The molecule has 0 saturated carbocycles. The summed E-state index contributed by atoms with van der Waals surface area (Å²) in [5.41, 5.74) is 7.36. The van der Waals surface area contributed by atoms with E-state index in [2.05, 4.69) is 0 Å². The van der Waals surface area contributed by atoms with Crippen LogP contribution < -0.4 is 5.73 Å². The highest BCUT2D eigenvalue weighted by molar-refractivity contribution is 5.09. The van der Waals surface area contributed by atoms with Crippen molar-refractivity contribution < 1.29 is 9.47 Å². The Morgan fingerprint density at radius 1 is 1.43 bits per heavy atom. The van der Waals surface area contributed by atoms with Gasteiger partial charge in [-0.15, -0.1) is 0 Å². The second-order valence-electron chi connectivity index (χ2n) is 4.14. The Morgan fingerprint density at radius 2 is 2.36 bits per heavy atom. The van der Waals surface area contributed by atoms with Gasteiger partial charge in [0.2, 0.25) is 0 Å². The van der Waals surface area contributed by atoms with E-state index in [9.17, 15) is 0 Å². The summed E-state index contributed by atoms with van der Waals surface area (Å²) in [4.78, 5) is 0. The molecule has 1 saturated heterocycles. The number of hydrogen-bond donors (Lipinski definition) is 1. The first-order chi connectivity index (χ1) is 6.86. The summed E-state index contributed by atoms with van der Waals surface area (Å²) < 4.78 is 10.9. The van der Waals surface area contributed by atoms with E-state index in [4.69, 9.17) is 15.2 Å². The monoisotopic (exact) mass is 197 g/mol. The molecule has 2 aliphatic rings. The normalized spacial score (nSPS) is 29.5. The summed E-state index contributed by atoms with van der Waals surface area (Å²) in [7, 11) is 0. The lowest BCUT2D eigenvalue weighted by Crippen LogP contribution is -2.29. The molecule has 14 heavy (non-hydrogen) atoms. The maximum absolute atomic E-state index is 6.10. The molecule has 3 heteroatoms. The standard InChI is InChI=1S/C11H19NO2/c12-11(7-10-4-2-6-14-10)9-3-1-5-13-8-9/h8,10-11H,1-7,12H2. The molecule has 3 nitrogen and oxygen atoms in total. The predicted molar refractivity (Wildman–Crippen MR) is 54.8 cm³/mol. The van der Waals surface area contributed by atoms with Crippen LogP contribution in [0.3, 0.4) is 0 Å². The minimum atomic E-state index is 0.137. The summed E-state index contributed by atoms with van der Waals surface area (Å²) in [6.45, 7) is 1.75. The zero-order valence-corrected chi connectivity index (χ0v) is 8.58. The number of hydrogen-bond acceptors (Lipinski definition) is 3. The van der Waals surface area contributed by atoms with Crippen LogP contribution in [-0.4, -0.2) is 25.4 Å². The van der Waals surface area contributed by atoms with Crippen LogP contribution in [-0.2, 0) is 9.47 Å². The highest BCUT2D eigenvalue weighted by atomic mass is 16.5. The van der Waals surface area contributed by atoms with Crippen molar-refractivity contribution in [2.24, 2.45) is 5.73 Å². The van der Waals surface area contributed by atoms with Gasteiger partial charge in [0.25, 0.3) is 0 Å². The maximum atomic E-state index is 6.10. The van der Waals surface area contributed by atoms with E-state index < -0.39 is 0 Å². The molecular formula is C11H19NO2. The first-order valence-electron chi connectivity index (χ1n) is 5.54. The smallest absolute Gasteiger partial charge is 0.0876 e. The summed E-state index contributed by atoms with van der Waals surface area (Å²) in [6, 6.07) is 0.137. The van der Waals surface area contributed by atoms with Crippen molar-refractivity contribution >= 4 is 0 Å². The third-order valence-electron chi connectivity index (χ3n) is 2.98. The van der Waals surface area contributed by atoms with Crippen LogP contribution >= 0.6 is 0 Å². The average Bonchev–Trinajstić information content (AvgIpc) is 2.72. The van der Waals surface area contributed by atoms with Crippen molar-refractivity contribution in [2.45, 2.75) is 44.2 Å². The van der Waals surface area contributed by atoms with Crippen LogP contribution in [0.1, 0.15) is 32.1 Å². The fraction of sp³-hybridized carbons (Fsp3) is 0.818. The number of nitrogens with two attached hydrogens (primary N) is 1. The van der Waals surface area contributed by atoms with E-state index in [1.807, 2.05) is 6.26 Å². The van der Waals surface area contributed by atoms with E-state index in [0.717, 1.165) is 32.5 Å². The van der Waals surface area contributed by atoms with Gasteiger partial charge >= 0.3 is 0 Å². The molecule has 0 spiro atoms. The van der Waals surface area contributed by atoms with Crippen molar-refractivity contribution in [1.29, 1.82) is 0 Å². The molecule has 1 fully saturated rings. The van der Waals surface area contributed by atoms with Gasteiger partial charge in [0.05, 0.1) is 19.0 Å². The van der Waals surface area contributed by atoms with Crippen LogP contribution in [0, 0.1) is 0 Å². The van der Waals surface area contributed by atoms with E-state index in [0.29, 0.717) is 6.10 Å². The molecule has 2 unspecified atom stereocenters. The van der Waals surface area contributed by atoms with Crippen molar-refractivity contribution in [2.75, 3.05) is 13.2 Å². The van der Waals surface area contributed by atoms with Crippen LogP contribution in [0.4, 0.5) is 0 Å². The molecule has 2 atom stereocenters. The molecule has 0 aliphatic carbocycles. The molecule has 0 aromatic heterocycles. The van der Waals surface area contributed by atoms with Gasteiger partial charge in [-0.05, 0) is 37.7 Å². The quantitative estimate of drug-likeness (QED) is 0.747. The highest BCUT2D eigenvalue weighted by Crippen LogP contribution is 2.22.